The normalized spacial score (nSPS) is 20.4. The van der Waals surface area contributed by atoms with Gasteiger partial charge in [0.1, 0.15) is 17.2 Å². The Morgan fingerprint density at radius 3 is 2.75 bits per heavy atom. The molecule has 0 saturated carbocycles. The van der Waals surface area contributed by atoms with E-state index in [2.05, 4.69) is 5.32 Å². The van der Waals surface area contributed by atoms with E-state index >= 15 is 0 Å². The molecule has 0 amide bonds. The molecule has 0 radical (unpaired) electrons. The van der Waals surface area contributed by atoms with Crippen molar-refractivity contribution in [3.8, 4) is 5.75 Å². The molecular weight excluding hydrogens is 233 g/mol. The lowest BCUT2D eigenvalue weighted by Gasteiger charge is -2.44. The minimum absolute atomic E-state index is 0. The Hall–Kier alpha value is -1.13. The number of hydrogen-bond acceptors (Lipinski definition) is 3. The summed E-state index contributed by atoms with van der Waals surface area (Å²) in [5.74, 6) is 0.0522. The summed E-state index contributed by atoms with van der Waals surface area (Å²) >= 11 is 0. The average Bonchev–Trinajstić information content (AvgIpc) is 2.14. The molecule has 1 spiro atoms. The number of nitrogens with one attached hydrogen (secondary N) is 1. The Balaban J connectivity index is 0.000000963. The summed E-state index contributed by atoms with van der Waals surface area (Å²) < 4.78 is 18.7. The predicted molar refractivity (Wildman–Crippen MR) is 58.8 cm³/mol. The second-order valence-corrected chi connectivity index (χ2v) is 4.13. The molecule has 2 aliphatic heterocycles. The zero-order valence-corrected chi connectivity index (χ0v) is 9.27. The maximum Gasteiger partial charge on any atom is 0.170 e. The summed E-state index contributed by atoms with van der Waals surface area (Å²) in [6, 6.07) is 4.07. The molecule has 86 valence electrons. The molecule has 1 N–H and O–H groups in total. The minimum atomic E-state index is -0.419. The SMILES string of the molecule is Cl.O=C1CC2(CNC2)Oc2cc(F)ccc21. The van der Waals surface area contributed by atoms with E-state index in [-0.39, 0.29) is 24.0 Å². The predicted octanol–water partition coefficient (Wildman–Crippen LogP) is 1.55. The van der Waals surface area contributed by atoms with Crippen LogP contribution in [0.5, 0.6) is 5.75 Å². The Morgan fingerprint density at radius 1 is 1.38 bits per heavy atom. The highest BCUT2D eigenvalue weighted by Gasteiger charge is 2.45. The number of halogens is 2. The van der Waals surface area contributed by atoms with Gasteiger partial charge in [0, 0.05) is 19.2 Å². The van der Waals surface area contributed by atoms with Crippen molar-refractivity contribution in [1.29, 1.82) is 0 Å². The maximum absolute atomic E-state index is 13.0. The first-order valence-corrected chi connectivity index (χ1v) is 4.91. The average molecular weight is 244 g/mol. The van der Waals surface area contributed by atoms with Crippen LogP contribution in [-0.4, -0.2) is 24.5 Å². The number of hydrogen-bond donors (Lipinski definition) is 1. The van der Waals surface area contributed by atoms with Crippen molar-refractivity contribution in [2.45, 2.75) is 12.0 Å². The summed E-state index contributed by atoms with van der Waals surface area (Å²) in [5, 5.41) is 3.07. The number of Topliss-reactive ketones (excluding diaryl/α,β-unsaturated/α-hetero) is 1. The molecule has 5 heteroatoms. The highest BCUT2D eigenvalue weighted by atomic mass is 35.5. The third kappa shape index (κ3) is 1.58. The number of rotatable bonds is 0. The Kier molecular flexibility index (Phi) is 2.64. The van der Waals surface area contributed by atoms with E-state index in [1.807, 2.05) is 0 Å². The lowest BCUT2D eigenvalue weighted by atomic mass is 9.85. The monoisotopic (exact) mass is 243 g/mol. The van der Waals surface area contributed by atoms with Crippen molar-refractivity contribution in [2.24, 2.45) is 0 Å². The minimum Gasteiger partial charge on any atom is -0.483 e. The quantitative estimate of drug-likeness (QED) is 0.752. The van der Waals surface area contributed by atoms with Crippen LogP contribution in [0.3, 0.4) is 0 Å². The zero-order valence-electron chi connectivity index (χ0n) is 8.46. The summed E-state index contributed by atoms with van der Waals surface area (Å²) in [6.45, 7) is 1.32. The smallest absolute Gasteiger partial charge is 0.170 e. The van der Waals surface area contributed by atoms with Gasteiger partial charge in [-0.1, -0.05) is 0 Å². The van der Waals surface area contributed by atoms with Crippen molar-refractivity contribution in [1.82, 2.24) is 5.32 Å². The number of ether oxygens (including phenoxy) is 1. The van der Waals surface area contributed by atoms with Crippen molar-refractivity contribution in [2.75, 3.05) is 13.1 Å². The van der Waals surface area contributed by atoms with E-state index in [1.165, 1.54) is 18.2 Å². The third-order valence-corrected chi connectivity index (χ3v) is 2.95. The van der Waals surface area contributed by atoms with Crippen LogP contribution in [0.1, 0.15) is 16.8 Å². The Labute approximate surface area is 98.4 Å². The molecule has 2 aliphatic rings. The van der Waals surface area contributed by atoms with Crippen LogP contribution in [0.15, 0.2) is 18.2 Å². The fraction of sp³-hybridized carbons (Fsp3) is 0.364. The maximum atomic E-state index is 13.0. The topological polar surface area (TPSA) is 38.3 Å². The summed E-state index contributed by atoms with van der Waals surface area (Å²) in [7, 11) is 0. The second kappa shape index (κ2) is 3.71. The van der Waals surface area contributed by atoms with Crippen molar-refractivity contribution in [3.05, 3.63) is 29.6 Å². The number of ketones is 1. The molecule has 1 saturated heterocycles. The van der Waals surface area contributed by atoms with Gasteiger partial charge in [0.05, 0.1) is 12.0 Å². The van der Waals surface area contributed by atoms with Crippen molar-refractivity contribution < 1.29 is 13.9 Å². The van der Waals surface area contributed by atoms with Gasteiger partial charge in [-0.2, -0.15) is 0 Å². The number of benzene rings is 1. The summed E-state index contributed by atoms with van der Waals surface area (Å²) in [5.41, 5.74) is 0.0756. The first-order chi connectivity index (χ1) is 7.19. The summed E-state index contributed by atoms with van der Waals surface area (Å²) in [4.78, 5) is 11.8. The van der Waals surface area contributed by atoms with Crippen LogP contribution in [0.2, 0.25) is 0 Å². The Morgan fingerprint density at radius 2 is 2.12 bits per heavy atom. The molecule has 0 bridgehead atoms. The van der Waals surface area contributed by atoms with Gasteiger partial charge in [-0.05, 0) is 12.1 Å². The largest absolute Gasteiger partial charge is 0.483 e. The lowest BCUT2D eigenvalue weighted by Crippen LogP contribution is -2.65. The van der Waals surface area contributed by atoms with Crippen LogP contribution in [0.4, 0.5) is 4.39 Å². The Bertz CT molecular complexity index is 446. The lowest BCUT2D eigenvalue weighted by molar-refractivity contribution is 0.00219. The second-order valence-electron chi connectivity index (χ2n) is 4.13. The fourth-order valence-corrected chi connectivity index (χ4v) is 2.07. The number of carbonyl (C=O) groups is 1. The van der Waals surface area contributed by atoms with E-state index in [4.69, 9.17) is 4.74 Å². The first-order valence-electron chi connectivity index (χ1n) is 4.91. The molecule has 16 heavy (non-hydrogen) atoms. The number of carbonyl (C=O) groups excluding carboxylic acids is 1. The fourth-order valence-electron chi connectivity index (χ4n) is 2.07. The van der Waals surface area contributed by atoms with Gasteiger partial charge in [-0.3, -0.25) is 4.79 Å². The van der Waals surface area contributed by atoms with Gasteiger partial charge >= 0.3 is 0 Å². The van der Waals surface area contributed by atoms with Gasteiger partial charge in [0.2, 0.25) is 0 Å². The van der Waals surface area contributed by atoms with Crippen molar-refractivity contribution >= 4 is 18.2 Å². The van der Waals surface area contributed by atoms with Gasteiger partial charge in [-0.15, -0.1) is 12.4 Å². The molecule has 2 heterocycles. The van der Waals surface area contributed by atoms with Crippen LogP contribution in [0.25, 0.3) is 0 Å². The van der Waals surface area contributed by atoms with E-state index in [0.29, 0.717) is 30.8 Å². The van der Waals surface area contributed by atoms with Crippen molar-refractivity contribution in [3.63, 3.8) is 0 Å². The molecule has 1 aromatic carbocycles. The molecule has 3 rings (SSSR count). The highest BCUT2D eigenvalue weighted by Crippen LogP contribution is 2.35. The van der Waals surface area contributed by atoms with Crippen LogP contribution >= 0.6 is 12.4 Å². The van der Waals surface area contributed by atoms with Gasteiger partial charge < -0.3 is 10.1 Å². The number of fused-ring (bicyclic) bond motifs is 1. The zero-order chi connectivity index (χ0) is 10.5. The van der Waals surface area contributed by atoms with Crippen LogP contribution in [0, 0.1) is 5.82 Å². The van der Waals surface area contributed by atoms with Crippen LogP contribution in [-0.2, 0) is 0 Å². The third-order valence-electron chi connectivity index (χ3n) is 2.95. The van der Waals surface area contributed by atoms with E-state index in [0.717, 1.165) is 0 Å². The van der Waals surface area contributed by atoms with Gasteiger partial charge in [0.25, 0.3) is 0 Å². The standard InChI is InChI=1S/C11H10FNO2.ClH/c12-7-1-2-8-9(14)4-11(5-13-6-11)15-10(8)3-7;/h1-3,13H,4-6H2;1H. The van der Waals surface area contributed by atoms with E-state index in [1.54, 1.807) is 0 Å². The van der Waals surface area contributed by atoms with Gasteiger partial charge in [0.15, 0.2) is 5.78 Å². The molecular formula is C11H11ClFNO2. The van der Waals surface area contributed by atoms with E-state index in [9.17, 15) is 9.18 Å². The van der Waals surface area contributed by atoms with Crippen LogP contribution < -0.4 is 10.1 Å². The molecule has 3 nitrogen and oxygen atoms in total. The molecule has 0 atom stereocenters. The molecule has 0 unspecified atom stereocenters. The summed E-state index contributed by atoms with van der Waals surface area (Å²) in [6.07, 6.45) is 0.388. The van der Waals surface area contributed by atoms with E-state index < -0.39 is 5.60 Å². The highest BCUT2D eigenvalue weighted by molar-refractivity contribution is 6.00. The molecule has 0 aliphatic carbocycles. The molecule has 1 fully saturated rings. The molecule has 1 aromatic rings. The molecule has 0 aromatic heterocycles. The van der Waals surface area contributed by atoms with Gasteiger partial charge in [-0.25, -0.2) is 4.39 Å². The first kappa shape index (κ1) is 11.4.